The summed E-state index contributed by atoms with van der Waals surface area (Å²) in [5, 5.41) is 11.5. The predicted octanol–water partition coefficient (Wildman–Crippen LogP) is -1.72. The van der Waals surface area contributed by atoms with E-state index in [1.165, 1.54) is 30.0 Å². The van der Waals surface area contributed by atoms with E-state index >= 15 is 0 Å². The molecule has 1 aromatic carbocycles. The zero-order valence-electron chi connectivity index (χ0n) is 16.8. The lowest BCUT2D eigenvalue weighted by atomic mass is 10.2. The van der Waals surface area contributed by atoms with E-state index in [0.29, 0.717) is 15.8 Å². The average Bonchev–Trinajstić information content (AvgIpc) is 2.78. The number of non-ortho nitro benzene ring substituents is 1. The van der Waals surface area contributed by atoms with Gasteiger partial charge in [0.15, 0.2) is 0 Å². The molecule has 2 aromatic rings. The maximum atomic E-state index is 10.9. The third-order valence-corrected chi connectivity index (χ3v) is 4.00. The number of nitrogens with zero attached hydrogens (tertiary/aromatic N) is 1. The number of thioether (sulfide) groups is 1. The molecule has 0 aliphatic carbocycles. The fourth-order valence-corrected chi connectivity index (χ4v) is 3.22. The van der Waals surface area contributed by atoms with Crippen molar-refractivity contribution in [2.45, 2.75) is 9.92 Å². The van der Waals surface area contributed by atoms with E-state index in [2.05, 4.69) is 4.98 Å². The van der Waals surface area contributed by atoms with Gasteiger partial charge >= 0.3 is 0 Å². The fourth-order valence-electron chi connectivity index (χ4n) is 1.59. The Morgan fingerprint density at radius 1 is 1.32 bits per heavy atom. The van der Waals surface area contributed by atoms with E-state index in [0.717, 1.165) is 0 Å². The van der Waals surface area contributed by atoms with Crippen molar-refractivity contribution >= 4 is 39.2 Å². The van der Waals surface area contributed by atoms with Crippen LogP contribution in [0.3, 0.4) is 0 Å². The number of nitro groups is 1. The molecule has 0 bridgehead atoms. The van der Waals surface area contributed by atoms with Gasteiger partial charge in [-0.3, -0.25) is 10.1 Å². The molecule has 122 valence electrons. The Kier molecular flexibility index (Phi) is 3.93. The molecule has 0 saturated carbocycles. The molecule has 0 atom stereocenters. The molecular weight excluding hydrogens is 356 g/mol. The van der Waals surface area contributed by atoms with Crippen LogP contribution in [0.2, 0.25) is 0 Å². The van der Waals surface area contributed by atoms with Crippen LogP contribution in [0, 0.1) is 20.4 Å². The Bertz CT molecular complexity index is 833. The van der Waals surface area contributed by atoms with Gasteiger partial charge in [-0.1, -0.05) is 0 Å². The number of hydrogen-bond acceptors (Lipinski definition) is 7. The number of aromatic nitrogens is 1. The number of nitro benzene ring substituents is 1. The zero-order chi connectivity index (χ0) is 22.1. The van der Waals surface area contributed by atoms with Crippen molar-refractivity contribution in [1.29, 1.82) is 0 Å². The van der Waals surface area contributed by atoms with Gasteiger partial charge in [0.1, 0.15) is 12.4 Å². The minimum Gasteiger partial charge on any atom is -0.315 e. The molecule has 11 heteroatoms. The second-order valence-electron chi connectivity index (χ2n) is 3.66. The average molecular weight is 375 g/mol. The van der Waals surface area contributed by atoms with E-state index in [4.69, 9.17) is 26.9 Å². The van der Waals surface area contributed by atoms with Gasteiger partial charge in [0.2, 0.25) is 5.03 Å². The molecule has 2 rings (SSSR count). The molecule has 0 aliphatic rings. The van der Waals surface area contributed by atoms with Crippen molar-refractivity contribution in [2.75, 3.05) is 18.6 Å². The fraction of sp³-hybridized carbons (Fsp3) is 0.273. The van der Waals surface area contributed by atoms with E-state index in [1.807, 2.05) is 0 Å². The Morgan fingerprint density at radius 2 is 1.91 bits per heavy atom. The highest BCUT2D eigenvalue weighted by molar-refractivity contribution is 8.00. The first kappa shape index (κ1) is 11.5. The van der Waals surface area contributed by atoms with Crippen LogP contribution in [0.5, 0.6) is 0 Å². The van der Waals surface area contributed by atoms with Crippen LogP contribution in [0.25, 0.3) is 10.9 Å². The number of rotatable bonds is 3. The van der Waals surface area contributed by atoms with Gasteiger partial charge in [0.05, 0.1) is 23.6 Å². The Balaban J connectivity index is 0.000000696. The number of aromatic amines is 1. The van der Waals surface area contributed by atoms with Crippen molar-refractivity contribution in [3.8, 4) is 0 Å². The molecule has 0 saturated heterocycles. The quantitative estimate of drug-likeness (QED) is 0.290. The Labute approximate surface area is 143 Å². The first-order valence-corrected chi connectivity index (χ1v) is 8.85. The smallest absolute Gasteiger partial charge is 0.270 e. The molecule has 0 aliphatic heterocycles. The van der Waals surface area contributed by atoms with Crippen molar-refractivity contribution in [1.82, 2.24) is 4.98 Å². The minimum absolute atomic E-state index is 0.0907. The largest absolute Gasteiger partial charge is 0.315 e. The van der Waals surface area contributed by atoms with Crippen molar-refractivity contribution < 1.29 is 42.0 Å². The maximum absolute atomic E-state index is 10.9. The number of hydrogen-bond donors (Lipinski definition) is 1. The Hall–Kier alpha value is -1.01. The van der Waals surface area contributed by atoms with Crippen LogP contribution in [0.4, 0.5) is 5.69 Å². The third-order valence-electron chi connectivity index (χ3n) is 2.32. The molecule has 22 heavy (non-hydrogen) atoms. The lowest BCUT2D eigenvalue weighted by Crippen LogP contribution is -2.68. The van der Waals surface area contributed by atoms with Gasteiger partial charge in [-0.05, 0) is 12.3 Å². The number of benzene rings is 1. The van der Waals surface area contributed by atoms with E-state index in [-0.39, 0.29) is 10.7 Å². The minimum atomic E-state index is -4.94. The molecule has 8 nitrogen and oxygen atoms in total. The first-order chi connectivity index (χ1) is 12.5. The summed E-state index contributed by atoms with van der Waals surface area (Å²) in [6.45, 7) is 0. The zero-order valence-corrected chi connectivity index (χ0v) is 13.2. The second kappa shape index (κ2) is 7.51. The molecule has 1 aromatic heterocycles. The van der Waals surface area contributed by atoms with Gasteiger partial charge in [-0.25, -0.2) is 18.6 Å². The number of fused-ring (bicyclic) bond motifs is 1. The molecule has 1 heterocycles. The van der Waals surface area contributed by atoms with Crippen molar-refractivity contribution in [3.05, 3.63) is 28.3 Å². The van der Waals surface area contributed by atoms with Gasteiger partial charge in [-0.2, -0.15) is 0 Å². The van der Waals surface area contributed by atoms with Crippen LogP contribution in [-0.2, 0) is 10.9 Å². The van der Waals surface area contributed by atoms with Gasteiger partial charge in [-0.15, -0.1) is 22.0 Å². The highest BCUT2D eigenvalue weighted by atomic mass is 35.7. The van der Waals surface area contributed by atoms with Gasteiger partial charge in [0, 0.05) is 28.4 Å². The molecule has 0 fully saturated rings. The van der Waals surface area contributed by atoms with Crippen LogP contribution in [0.1, 0.15) is 8.22 Å². The van der Waals surface area contributed by atoms with Crippen LogP contribution in [-0.4, -0.2) is 28.5 Å². The Morgan fingerprint density at radius 3 is 2.36 bits per heavy atom. The summed E-state index contributed by atoms with van der Waals surface area (Å²) in [6, 6.07) is 4.06. The first-order valence-electron chi connectivity index (χ1n) is 8.17. The van der Waals surface area contributed by atoms with Crippen molar-refractivity contribution in [2.24, 2.45) is 0 Å². The van der Waals surface area contributed by atoms with E-state index < -0.39 is 38.4 Å². The maximum Gasteiger partial charge on any atom is 0.270 e. The second-order valence-corrected chi connectivity index (χ2v) is 6.25. The molecule has 0 unspecified atom stereocenters. The number of nitrogens with one attached hydrogen (secondary N) is 1. The molecule has 1 N–H and O–H groups in total. The van der Waals surface area contributed by atoms with Crippen LogP contribution < -0.4 is 18.6 Å². The molecule has 0 spiro atoms. The third kappa shape index (κ3) is 5.32. The summed E-state index contributed by atoms with van der Waals surface area (Å²) in [7, 11) is -6.97. The van der Waals surface area contributed by atoms with Gasteiger partial charge in [0.25, 0.3) is 5.69 Å². The lowest BCUT2D eigenvalue weighted by Gasteiger charge is -2.17. The number of H-pyrrole nitrogens is 1. The van der Waals surface area contributed by atoms with Crippen LogP contribution >= 0.6 is 11.8 Å². The summed E-state index contributed by atoms with van der Waals surface area (Å²) >= 11 is 1.17. The summed E-state index contributed by atoms with van der Waals surface area (Å²) in [5.74, 6) is 0. The predicted molar refractivity (Wildman–Crippen MR) is 74.2 cm³/mol. The normalized spacial score (nSPS) is 16.6. The highest BCUT2D eigenvalue weighted by Gasteiger charge is 2.22. The summed E-state index contributed by atoms with van der Waals surface area (Å²) < 4.78 is 79.5. The SMILES string of the molecule is [2H]C([2H])([2H])[S+](c1[nH]c2ccc([N+](=O)[O-])cc2c1SC)C([2H])([2H])[2H].[O-][Cl+3]([O-])([O-])[O-]. The van der Waals surface area contributed by atoms with E-state index in [1.54, 1.807) is 6.26 Å². The van der Waals surface area contributed by atoms with Gasteiger partial charge < -0.3 is 4.98 Å². The van der Waals surface area contributed by atoms with Crippen molar-refractivity contribution in [3.63, 3.8) is 0 Å². The highest BCUT2D eigenvalue weighted by Crippen LogP contribution is 2.34. The van der Waals surface area contributed by atoms with Crippen LogP contribution in [0.15, 0.2) is 28.1 Å². The summed E-state index contributed by atoms with van der Waals surface area (Å²) in [4.78, 5) is 13.6. The number of halogens is 1. The molecule has 0 amide bonds. The molecule has 0 radical (unpaired) electrons. The summed E-state index contributed by atoms with van der Waals surface area (Å²) in [5.41, 5.74) is 0.335. The topological polar surface area (TPSA) is 151 Å². The lowest BCUT2D eigenvalue weighted by molar-refractivity contribution is -2.00. The standard InChI is InChI=1S/C11H13N2O2S2.ClHO4/c1-16-10-8-6-7(13(14)15)4-5-9(8)12-11(10)17(2)3;2-1(3,4)5/h4-6,12H,1-3H3;(H,2,3,4,5)/q+1;/p-1/i2D3,3D3;. The monoisotopic (exact) mass is 374 g/mol. The van der Waals surface area contributed by atoms with E-state index in [9.17, 15) is 10.1 Å². The molecular formula is C11H13ClN2O6S2. The summed E-state index contributed by atoms with van der Waals surface area (Å²) in [6.07, 6.45) is -3.74.